The van der Waals surface area contributed by atoms with Gasteiger partial charge in [0.05, 0.1) is 11.5 Å². The second-order valence-electron chi connectivity index (χ2n) is 6.12. The molecule has 0 atom stereocenters. The number of anilines is 1. The van der Waals surface area contributed by atoms with Crippen molar-refractivity contribution in [3.8, 4) is 0 Å². The summed E-state index contributed by atoms with van der Waals surface area (Å²) < 4.78 is 0. The van der Waals surface area contributed by atoms with Crippen LogP contribution in [0.2, 0.25) is 0 Å². The van der Waals surface area contributed by atoms with Crippen LogP contribution in [0, 0.1) is 10.1 Å². The first kappa shape index (κ1) is 18.2. The maximum absolute atomic E-state index is 12.1. The number of rotatable bonds is 7. The lowest BCUT2D eigenvalue weighted by atomic mass is 10.2. The van der Waals surface area contributed by atoms with Crippen molar-refractivity contribution in [3.63, 3.8) is 0 Å². The van der Waals surface area contributed by atoms with E-state index in [2.05, 4.69) is 29.0 Å². The Hall–Kier alpha value is -2.15. The number of nitro benzene ring substituents is 1. The Bertz CT molecular complexity index is 549. The third kappa shape index (κ3) is 4.92. The van der Waals surface area contributed by atoms with E-state index in [4.69, 9.17) is 0 Å². The van der Waals surface area contributed by atoms with Gasteiger partial charge < -0.3 is 10.2 Å². The highest BCUT2D eigenvalue weighted by molar-refractivity contribution is 5.78. The fourth-order valence-electron chi connectivity index (χ4n) is 2.92. The van der Waals surface area contributed by atoms with E-state index >= 15 is 0 Å². The maximum Gasteiger partial charge on any atom is 0.269 e. The molecule has 7 nitrogen and oxygen atoms in total. The van der Waals surface area contributed by atoms with Crippen LogP contribution < -0.4 is 10.2 Å². The van der Waals surface area contributed by atoms with E-state index in [9.17, 15) is 14.9 Å². The predicted molar refractivity (Wildman–Crippen MR) is 94.3 cm³/mol. The van der Waals surface area contributed by atoms with Crippen LogP contribution in [-0.2, 0) is 4.79 Å². The highest BCUT2D eigenvalue weighted by Crippen LogP contribution is 2.20. The second kappa shape index (κ2) is 8.63. The van der Waals surface area contributed by atoms with E-state index in [1.54, 1.807) is 12.1 Å². The van der Waals surface area contributed by atoms with Gasteiger partial charge in [-0.2, -0.15) is 0 Å². The van der Waals surface area contributed by atoms with Crippen molar-refractivity contribution < 1.29 is 9.72 Å². The Balaban J connectivity index is 1.80. The number of amides is 1. The van der Waals surface area contributed by atoms with Gasteiger partial charge in [-0.25, -0.2) is 0 Å². The summed E-state index contributed by atoms with van der Waals surface area (Å²) in [6, 6.07) is 6.90. The van der Waals surface area contributed by atoms with Gasteiger partial charge in [-0.3, -0.25) is 19.8 Å². The van der Waals surface area contributed by atoms with Gasteiger partial charge in [-0.05, 0) is 25.0 Å². The van der Waals surface area contributed by atoms with Crippen LogP contribution in [0.5, 0.6) is 0 Å². The quantitative estimate of drug-likeness (QED) is 0.610. The summed E-state index contributed by atoms with van der Waals surface area (Å²) in [5.41, 5.74) is 1.09. The minimum atomic E-state index is -0.389. The number of carbonyl (C=O) groups is 1. The van der Waals surface area contributed by atoms with Gasteiger partial charge in [0.1, 0.15) is 0 Å². The molecule has 1 aromatic rings. The third-order valence-corrected chi connectivity index (χ3v) is 4.52. The van der Waals surface area contributed by atoms with Crippen LogP contribution in [0.1, 0.15) is 26.7 Å². The molecule has 0 saturated carbocycles. The largest absolute Gasteiger partial charge is 0.369 e. The lowest BCUT2D eigenvalue weighted by molar-refractivity contribution is -0.384. The van der Waals surface area contributed by atoms with Gasteiger partial charge >= 0.3 is 0 Å². The number of nitrogens with one attached hydrogen (secondary N) is 1. The molecule has 1 aromatic carbocycles. The Labute approximate surface area is 142 Å². The number of piperazine rings is 1. The summed E-state index contributed by atoms with van der Waals surface area (Å²) >= 11 is 0. The number of non-ortho nitro benzene ring substituents is 1. The van der Waals surface area contributed by atoms with Crippen molar-refractivity contribution in [3.05, 3.63) is 34.4 Å². The Morgan fingerprint density at radius 3 is 2.25 bits per heavy atom. The molecule has 0 aliphatic carbocycles. The lowest BCUT2D eigenvalue weighted by Crippen LogP contribution is -2.50. The smallest absolute Gasteiger partial charge is 0.269 e. The van der Waals surface area contributed by atoms with E-state index < -0.39 is 0 Å². The molecule has 1 aliphatic rings. The summed E-state index contributed by atoms with van der Waals surface area (Å²) in [5.74, 6) is 0.0903. The van der Waals surface area contributed by atoms with Crippen molar-refractivity contribution in [2.75, 3.05) is 37.6 Å². The van der Waals surface area contributed by atoms with E-state index in [-0.39, 0.29) is 22.6 Å². The topological polar surface area (TPSA) is 78.7 Å². The third-order valence-electron chi connectivity index (χ3n) is 4.52. The fourth-order valence-corrected chi connectivity index (χ4v) is 2.92. The zero-order chi connectivity index (χ0) is 17.5. The van der Waals surface area contributed by atoms with Crippen LogP contribution in [0.4, 0.5) is 11.4 Å². The molecule has 0 aromatic heterocycles. The molecule has 1 aliphatic heterocycles. The van der Waals surface area contributed by atoms with Gasteiger partial charge in [0.2, 0.25) is 5.91 Å². The highest BCUT2D eigenvalue weighted by Gasteiger charge is 2.20. The molecule has 1 fully saturated rings. The van der Waals surface area contributed by atoms with Crippen LogP contribution in [0.15, 0.2) is 24.3 Å². The highest BCUT2D eigenvalue weighted by atomic mass is 16.6. The molecular formula is C17H26N4O3. The van der Waals surface area contributed by atoms with Crippen LogP contribution in [0.25, 0.3) is 0 Å². The fraction of sp³-hybridized carbons (Fsp3) is 0.588. The molecule has 24 heavy (non-hydrogen) atoms. The standard InChI is InChI=1S/C17H26N4O3/c1-3-14(4-2)18-17(22)13-19-9-11-20(12-10-19)15-5-7-16(8-6-15)21(23)24/h5-8,14H,3-4,9-13H2,1-2H3,(H,18,22). The van der Waals surface area contributed by atoms with Gasteiger partial charge in [-0.1, -0.05) is 13.8 Å². The average molecular weight is 334 g/mol. The van der Waals surface area contributed by atoms with Crippen LogP contribution >= 0.6 is 0 Å². The van der Waals surface area contributed by atoms with E-state index in [0.717, 1.165) is 44.7 Å². The summed E-state index contributed by atoms with van der Waals surface area (Å²) in [7, 11) is 0. The first-order valence-electron chi connectivity index (χ1n) is 8.54. The molecule has 132 valence electrons. The number of hydrogen-bond acceptors (Lipinski definition) is 5. The monoisotopic (exact) mass is 334 g/mol. The van der Waals surface area contributed by atoms with Crippen molar-refractivity contribution in [2.24, 2.45) is 0 Å². The molecule has 0 radical (unpaired) electrons. The second-order valence-corrected chi connectivity index (χ2v) is 6.12. The zero-order valence-electron chi connectivity index (χ0n) is 14.4. The summed E-state index contributed by atoms with van der Waals surface area (Å²) in [6.45, 7) is 7.85. The minimum Gasteiger partial charge on any atom is -0.369 e. The van der Waals surface area contributed by atoms with Gasteiger partial charge in [0, 0.05) is 50.0 Å². The number of carbonyl (C=O) groups excluding carboxylic acids is 1. The number of benzene rings is 1. The molecule has 2 rings (SSSR count). The van der Waals surface area contributed by atoms with E-state index in [1.807, 2.05) is 0 Å². The molecular weight excluding hydrogens is 308 g/mol. The molecule has 0 spiro atoms. The SMILES string of the molecule is CCC(CC)NC(=O)CN1CCN(c2ccc([N+](=O)[O-])cc2)CC1. The Morgan fingerprint density at radius 2 is 1.75 bits per heavy atom. The van der Waals surface area contributed by atoms with Gasteiger partial charge in [-0.15, -0.1) is 0 Å². The first-order valence-corrected chi connectivity index (χ1v) is 8.54. The van der Waals surface area contributed by atoms with Crippen molar-refractivity contribution in [1.29, 1.82) is 0 Å². The normalized spacial score (nSPS) is 15.5. The minimum absolute atomic E-state index is 0.0903. The molecule has 1 N–H and O–H groups in total. The Kier molecular flexibility index (Phi) is 6.54. The molecule has 0 unspecified atom stereocenters. The molecule has 1 amide bonds. The number of hydrogen-bond donors (Lipinski definition) is 1. The van der Waals surface area contributed by atoms with Gasteiger partial charge in [0.15, 0.2) is 0 Å². The van der Waals surface area contributed by atoms with Crippen molar-refractivity contribution >= 4 is 17.3 Å². The first-order chi connectivity index (χ1) is 11.5. The summed E-state index contributed by atoms with van der Waals surface area (Å²) in [4.78, 5) is 26.7. The summed E-state index contributed by atoms with van der Waals surface area (Å²) in [5, 5.41) is 13.8. The molecule has 1 saturated heterocycles. The average Bonchev–Trinajstić information content (AvgIpc) is 2.60. The molecule has 7 heteroatoms. The van der Waals surface area contributed by atoms with E-state index in [1.165, 1.54) is 12.1 Å². The lowest BCUT2D eigenvalue weighted by Gasteiger charge is -2.35. The van der Waals surface area contributed by atoms with Crippen molar-refractivity contribution in [1.82, 2.24) is 10.2 Å². The van der Waals surface area contributed by atoms with Gasteiger partial charge in [0.25, 0.3) is 5.69 Å². The maximum atomic E-state index is 12.1. The Morgan fingerprint density at radius 1 is 1.17 bits per heavy atom. The molecule has 1 heterocycles. The van der Waals surface area contributed by atoms with Crippen LogP contribution in [-0.4, -0.2) is 54.5 Å². The number of nitrogens with zero attached hydrogens (tertiary/aromatic N) is 3. The van der Waals surface area contributed by atoms with Crippen molar-refractivity contribution in [2.45, 2.75) is 32.7 Å². The van der Waals surface area contributed by atoms with E-state index in [0.29, 0.717) is 6.54 Å². The zero-order valence-corrected chi connectivity index (χ0v) is 14.4. The predicted octanol–water partition coefficient (Wildman–Crippen LogP) is 2.02. The number of nitro groups is 1. The van der Waals surface area contributed by atoms with Crippen LogP contribution in [0.3, 0.4) is 0 Å². The molecule has 0 bridgehead atoms. The summed E-state index contributed by atoms with van der Waals surface area (Å²) in [6.07, 6.45) is 1.91.